The van der Waals surface area contributed by atoms with Crippen LogP contribution in [0.1, 0.15) is 18.7 Å². The number of hydrogen-bond acceptors (Lipinski definition) is 3. The maximum absolute atomic E-state index is 11.9. The third-order valence-corrected chi connectivity index (χ3v) is 3.43. The van der Waals surface area contributed by atoms with Gasteiger partial charge >= 0.3 is 5.97 Å². The van der Waals surface area contributed by atoms with Crippen LogP contribution >= 0.6 is 11.3 Å². The lowest BCUT2D eigenvalue weighted by Crippen LogP contribution is -2.37. The average Bonchev–Trinajstić information content (AvgIpc) is 2.77. The second kappa shape index (κ2) is 6.39. The number of carbonyl (C=O) groups excluding carboxylic acids is 1. The van der Waals surface area contributed by atoms with Crippen molar-refractivity contribution >= 4 is 23.2 Å². The fourth-order valence-corrected chi connectivity index (χ4v) is 2.19. The Labute approximate surface area is 105 Å². The number of amides is 1. The van der Waals surface area contributed by atoms with Gasteiger partial charge < -0.3 is 10.0 Å². The molecule has 4 nitrogen and oxygen atoms in total. The minimum Gasteiger partial charge on any atom is -0.481 e. The van der Waals surface area contributed by atoms with Crippen molar-refractivity contribution in [1.29, 1.82) is 0 Å². The van der Waals surface area contributed by atoms with Gasteiger partial charge in [0.2, 0.25) is 5.91 Å². The molecule has 0 radical (unpaired) electrons. The van der Waals surface area contributed by atoms with Crippen LogP contribution in [0.25, 0.3) is 0 Å². The summed E-state index contributed by atoms with van der Waals surface area (Å²) in [6, 6.07) is 3.82. The molecule has 0 aliphatic rings. The number of nitrogens with zero attached hydrogens (tertiary/aromatic N) is 1. The summed E-state index contributed by atoms with van der Waals surface area (Å²) in [7, 11) is 0. The molecule has 1 atom stereocenters. The zero-order valence-corrected chi connectivity index (χ0v) is 10.9. The molecule has 0 aliphatic carbocycles. The van der Waals surface area contributed by atoms with Gasteiger partial charge in [0.1, 0.15) is 0 Å². The summed E-state index contributed by atoms with van der Waals surface area (Å²) < 4.78 is 0. The Hall–Kier alpha value is -1.36. The lowest BCUT2D eigenvalue weighted by atomic mass is 10.1. The molecule has 0 spiro atoms. The first-order valence-corrected chi connectivity index (χ1v) is 6.45. The van der Waals surface area contributed by atoms with Gasteiger partial charge in [0.15, 0.2) is 0 Å². The number of aliphatic carboxylic acids is 1. The number of carboxylic acids is 1. The van der Waals surface area contributed by atoms with Crippen molar-refractivity contribution < 1.29 is 14.7 Å². The van der Waals surface area contributed by atoms with E-state index in [9.17, 15) is 9.59 Å². The Morgan fingerprint density at radius 2 is 2.24 bits per heavy atom. The van der Waals surface area contributed by atoms with Crippen molar-refractivity contribution in [2.24, 2.45) is 5.92 Å². The first-order chi connectivity index (χ1) is 8.04. The smallest absolute Gasteiger partial charge is 0.308 e. The fourth-order valence-electron chi connectivity index (χ4n) is 1.49. The molecule has 94 valence electrons. The van der Waals surface area contributed by atoms with Crippen LogP contribution in [-0.2, 0) is 16.0 Å². The van der Waals surface area contributed by atoms with Crippen molar-refractivity contribution in [2.75, 3.05) is 13.1 Å². The van der Waals surface area contributed by atoms with Crippen molar-refractivity contribution in [3.8, 4) is 0 Å². The highest BCUT2D eigenvalue weighted by Gasteiger charge is 2.19. The highest BCUT2D eigenvalue weighted by Crippen LogP contribution is 2.11. The number of thiophene rings is 1. The van der Waals surface area contributed by atoms with Gasteiger partial charge in [0.25, 0.3) is 0 Å². The Bertz CT molecular complexity index is 375. The monoisotopic (exact) mass is 255 g/mol. The van der Waals surface area contributed by atoms with E-state index >= 15 is 0 Å². The van der Waals surface area contributed by atoms with Crippen molar-refractivity contribution in [1.82, 2.24) is 4.90 Å². The standard InChI is InChI=1S/C12H17NO3S/c1-3-13(8-9(2)12(15)16)11(14)7-10-5-4-6-17-10/h4-6,9H,3,7-8H2,1-2H3,(H,15,16). The van der Waals surface area contributed by atoms with Crippen molar-refractivity contribution in [3.05, 3.63) is 22.4 Å². The van der Waals surface area contributed by atoms with Gasteiger partial charge in [-0.05, 0) is 18.4 Å². The molecule has 0 saturated carbocycles. The van der Waals surface area contributed by atoms with E-state index in [1.165, 1.54) is 0 Å². The summed E-state index contributed by atoms with van der Waals surface area (Å²) in [5, 5.41) is 10.8. The van der Waals surface area contributed by atoms with E-state index in [2.05, 4.69) is 0 Å². The molecule has 5 heteroatoms. The number of carboxylic acid groups (broad SMARTS) is 1. The number of rotatable bonds is 6. The normalized spacial score (nSPS) is 12.1. The number of likely N-dealkylation sites (N-methyl/N-ethyl adjacent to an activating group) is 1. The highest BCUT2D eigenvalue weighted by atomic mass is 32.1. The van der Waals surface area contributed by atoms with Crippen LogP contribution in [0.2, 0.25) is 0 Å². The molecular weight excluding hydrogens is 238 g/mol. The average molecular weight is 255 g/mol. The number of hydrogen-bond donors (Lipinski definition) is 1. The van der Waals surface area contributed by atoms with E-state index < -0.39 is 11.9 Å². The van der Waals surface area contributed by atoms with Gasteiger partial charge in [-0.3, -0.25) is 9.59 Å². The first-order valence-electron chi connectivity index (χ1n) is 5.57. The van der Waals surface area contributed by atoms with Crippen LogP contribution in [0, 0.1) is 5.92 Å². The van der Waals surface area contributed by atoms with Crippen LogP contribution in [0.4, 0.5) is 0 Å². The van der Waals surface area contributed by atoms with Gasteiger partial charge in [-0.2, -0.15) is 0 Å². The minimum atomic E-state index is -0.868. The summed E-state index contributed by atoms with van der Waals surface area (Å²) in [5.74, 6) is -1.40. The summed E-state index contributed by atoms with van der Waals surface area (Å²) in [5.41, 5.74) is 0. The predicted molar refractivity (Wildman–Crippen MR) is 67.1 cm³/mol. The second-order valence-corrected chi connectivity index (χ2v) is 4.96. The predicted octanol–water partition coefficient (Wildman–Crippen LogP) is 1.86. The van der Waals surface area contributed by atoms with Crippen LogP contribution in [0.15, 0.2) is 17.5 Å². The quantitative estimate of drug-likeness (QED) is 0.844. The molecule has 1 aromatic heterocycles. The zero-order chi connectivity index (χ0) is 12.8. The molecule has 1 N–H and O–H groups in total. The topological polar surface area (TPSA) is 57.6 Å². The molecule has 1 rings (SSSR count). The van der Waals surface area contributed by atoms with Gasteiger partial charge in [-0.25, -0.2) is 0 Å². The van der Waals surface area contributed by atoms with E-state index in [1.54, 1.807) is 23.2 Å². The van der Waals surface area contributed by atoms with Gasteiger partial charge in [0, 0.05) is 18.0 Å². The van der Waals surface area contributed by atoms with E-state index in [-0.39, 0.29) is 12.5 Å². The lowest BCUT2D eigenvalue weighted by molar-refractivity contribution is -0.142. The largest absolute Gasteiger partial charge is 0.481 e. The number of carbonyl (C=O) groups is 2. The summed E-state index contributed by atoms with van der Waals surface area (Å²) >= 11 is 1.54. The zero-order valence-electron chi connectivity index (χ0n) is 10.0. The lowest BCUT2D eigenvalue weighted by Gasteiger charge is -2.22. The molecule has 1 heterocycles. The van der Waals surface area contributed by atoms with E-state index in [0.29, 0.717) is 13.0 Å². The summed E-state index contributed by atoms with van der Waals surface area (Å²) in [6.45, 7) is 4.29. The molecule has 0 fully saturated rings. The molecule has 0 aliphatic heterocycles. The van der Waals surface area contributed by atoms with Gasteiger partial charge in [0.05, 0.1) is 12.3 Å². The molecular formula is C12H17NO3S. The van der Waals surface area contributed by atoms with E-state index in [4.69, 9.17) is 5.11 Å². The molecule has 17 heavy (non-hydrogen) atoms. The third-order valence-electron chi connectivity index (χ3n) is 2.56. The first kappa shape index (κ1) is 13.7. The summed E-state index contributed by atoms with van der Waals surface area (Å²) in [6.07, 6.45) is 0.359. The van der Waals surface area contributed by atoms with E-state index in [1.807, 2.05) is 24.4 Å². The highest BCUT2D eigenvalue weighted by molar-refractivity contribution is 7.10. The molecule has 1 unspecified atom stereocenters. The van der Waals surface area contributed by atoms with Gasteiger partial charge in [-0.1, -0.05) is 13.0 Å². The fraction of sp³-hybridized carbons (Fsp3) is 0.500. The van der Waals surface area contributed by atoms with Crippen LogP contribution < -0.4 is 0 Å². The summed E-state index contributed by atoms with van der Waals surface area (Å²) in [4.78, 5) is 25.3. The minimum absolute atomic E-state index is 0.0111. The third kappa shape index (κ3) is 4.19. The van der Waals surface area contributed by atoms with Crippen molar-refractivity contribution in [2.45, 2.75) is 20.3 Å². The van der Waals surface area contributed by atoms with Crippen LogP contribution in [0.3, 0.4) is 0 Å². The Morgan fingerprint density at radius 3 is 2.71 bits per heavy atom. The Morgan fingerprint density at radius 1 is 1.53 bits per heavy atom. The molecule has 1 aromatic rings. The maximum atomic E-state index is 11.9. The van der Waals surface area contributed by atoms with Gasteiger partial charge in [-0.15, -0.1) is 11.3 Å². The Balaban J connectivity index is 2.55. The van der Waals surface area contributed by atoms with E-state index in [0.717, 1.165) is 4.88 Å². The van der Waals surface area contributed by atoms with Crippen molar-refractivity contribution in [3.63, 3.8) is 0 Å². The van der Waals surface area contributed by atoms with Crippen LogP contribution in [0.5, 0.6) is 0 Å². The molecule has 0 bridgehead atoms. The van der Waals surface area contributed by atoms with Crippen LogP contribution in [-0.4, -0.2) is 35.0 Å². The SMILES string of the molecule is CCN(CC(C)C(=O)O)C(=O)Cc1cccs1. The molecule has 0 saturated heterocycles. The molecule has 1 amide bonds. The second-order valence-electron chi connectivity index (χ2n) is 3.93. The maximum Gasteiger partial charge on any atom is 0.308 e. The molecule has 0 aromatic carbocycles. The Kier molecular flexibility index (Phi) is 5.15.